The van der Waals surface area contributed by atoms with Crippen molar-refractivity contribution in [3.8, 4) is 11.8 Å². The van der Waals surface area contributed by atoms with Gasteiger partial charge in [0.2, 0.25) is 0 Å². The van der Waals surface area contributed by atoms with Crippen LogP contribution < -0.4 is 4.74 Å². The highest BCUT2D eigenvalue weighted by molar-refractivity contribution is 14.1. The molecular formula is C9H7IN2O. The molecule has 1 aliphatic carbocycles. The van der Waals surface area contributed by atoms with Gasteiger partial charge >= 0.3 is 0 Å². The summed E-state index contributed by atoms with van der Waals surface area (Å²) in [5, 5.41) is 8.66. The summed E-state index contributed by atoms with van der Waals surface area (Å²) in [6, 6.07) is 5.53. The van der Waals surface area contributed by atoms with E-state index in [-0.39, 0.29) is 0 Å². The molecule has 0 bridgehead atoms. The molecule has 1 aromatic rings. The second-order valence-electron chi connectivity index (χ2n) is 2.94. The van der Waals surface area contributed by atoms with E-state index in [0.29, 0.717) is 11.8 Å². The SMILES string of the molecule is N#Cc1cc(OC2CC2)cc(I)n1. The molecule has 3 nitrogen and oxygen atoms in total. The van der Waals surface area contributed by atoms with Crippen molar-refractivity contribution in [2.45, 2.75) is 18.9 Å². The van der Waals surface area contributed by atoms with E-state index in [1.54, 1.807) is 6.07 Å². The summed E-state index contributed by atoms with van der Waals surface area (Å²) in [6.45, 7) is 0. The van der Waals surface area contributed by atoms with Crippen LogP contribution in [-0.2, 0) is 0 Å². The van der Waals surface area contributed by atoms with Gasteiger partial charge in [-0.15, -0.1) is 0 Å². The Labute approximate surface area is 89.9 Å². The van der Waals surface area contributed by atoms with Crippen LogP contribution in [-0.4, -0.2) is 11.1 Å². The third kappa shape index (κ3) is 2.31. The van der Waals surface area contributed by atoms with E-state index in [4.69, 9.17) is 10.00 Å². The van der Waals surface area contributed by atoms with Gasteiger partial charge in [0.1, 0.15) is 21.2 Å². The minimum Gasteiger partial charge on any atom is -0.490 e. The van der Waals surface area contributed by atoms with E-state index in [1.807, 2.05) is 12.1 Å². The average molecular weight is 286 g/mol. The van der Waals surface area contributed by atoms with Gasteiger partial charge in [-0.25, -0.2) is 4.98 Å². The zero-order chi connectivity index (χ0) is 9.26. The minimum absolute atomic E-state index is 0.366. The number of hydrogen-bond donors (Lipinski definition) is 0. The van der Waals surface area contributed by atoms with Crippen LogP contribution in [0.1, 0.15) is 18.5 Å². The van der Waals surface area contributed by atoms with Gasteiger partial charge in [0.15, 0.2) is 0 Å². The topological polar surface area (TPSA) is 45.9 Å². The molecule has 1 aliphatic rings. The molecule has 2 rings (SSSR count). The van der Waals surface area contributed by atoms with Crippen molar-refractivity contribution in [3.63, 3.8) is 0 Å². The highest BCUT2D eigenvalue weighted by Gasteiger charge is 2.23. The molecule has 1 saturated carbocycles. The van der Waals surface area contributed by atoms with E-state index >= 15 is 0 Å². The Hall–Kier alpha value is -0.830. The lowest BCUT2D eigenvalue weighted by Crippen LogP contribution is -1.98. The molecule has 0 spiro atoms. The summed E-state index contributed by atoms with van der Waals surface area (Å²) in [4.78, 5) is 4.03. The van der Waals surface area contributed by atoms with Crippen molar-refractivity contribution >= 4 is 22.6 Å². The number of halogens is 1. The van der Waals surface area contributed by atoms with Gasteiger partial charge in [-0.05, 0) is 35.4 Å². The minimum atomic E-state index is 0.366. The third-order valence-corrected chi connectivity index (χ3v) is 2.26. The second kappa shape index (κ2) is 3.50. The number of hydrogen-bond acceptors (Lipinski definition) is 3. The molecular weight excluding hydrogens is 279 g/mol. The fourth-order valence-electron chi connectivity index (χ4n) is 0.977. The summed E-state index contributed by atoms with van der Waals surface area (Å²) in [5.74, 6) is 0.762. The Morgan fingerprint density at radius 3 is 2.92 bits per heavy atom. The fourth-order valence-corrected chi connectivity index (χ4v) is 1.54. The lowest BCUT2D eigenvalue weighted by molar-refractivity contribution is 0.302. The molecule has 0 aliphatic heterocycles. The maximum atomic E-state index is 8.66. The predicted octanol–water partition coefficient (Wildman–Crippen LogP) is 2.10. The molecule has 1 fully saturated rings. The van der Waals surface area contributed by atoms with Crippen LogP contribution in [0.15, 0.2) is 12.1 Å². The lowest BCUT2D eigenvalue weighted by Gasteiger charge is -2.03. The number of nitrogens with zero attached hydrogens (tertiary/aromatic N) is 2. The Morgan fingerprint density at radius 1 is 1.54 bits per heavy atom. The predicted molar refractivity (Wildman–Crippen MR) is 55.3 cm³/mol. The Kier molecular flexibility index (Phi) is 2.36. The van der Waals surface area contributed by atoms with E-state index in [0.717, 1.165) is 22.3 Å². The smallest absolute Gasteiger partial charge is 0.145 e. The van der Waals surface area contributed by atoms with Gasteiger partial charge in [-0.2, -0.15) is 5.26 Å². The Morgan fingerprint density at radius 2 is 2.31 bits per heavy atom. The lowest BCUT2D eigenvalue weighted by atomic mass is 10.3. The molecule has 0 atom stereocenters. The maximum absolute atomic E-state index is 8.66. The van der Waals surface area contributed by atoms with E-state index in [2.05, 4.69) is 27.6 Å². The van der Waals surface area contributed by atoms with Crippen LogP contribution in [0.3, 0.4) is 0 Å². The second-order valence-corrected chi connectivity index (χ2v) is 4.05. The normalized spacial score (nSPS) is 15.1. The van der Waals surface area contributed by atoms with Gasteiger partial charge in [0, 0.05) is 12.1 Å². The third-order valence-electron chi connectivity index (χ3n) is 1.71. The van der Waals surface area contributed by atoms with Gasteiger partial charge in [-0.3, -0.25) is 0 Å². The first-order valence-electron chi connectivity index (χ1n) is 4.02. The maximum Gasteiger partial charge on any atom is 0.145 e. The van der Waals surface area contributed by atoms with E-state index < -0.39 is 0 Å². The molecule has 0 radical (unpaired) electrons. The van der Waals surface area contributed by atoms with Gasteiger partial charge < -0.3 is 4.74 Å². The summed E-state index contributed by atoms with van der Waals surface area (Å²) in [7, 11) is 0. The number of ether oxygens (including phenoxy) is 1. The summed E-state index contributed by atoms with van der Waals surface area (Å²) in [6.07, 6.45) is 2.62. The molecule has 13 heavy (non-hydrogen) atoms. The zero-order valence-electron chi connectivity index (χ0n) is 6.83. The molecule has 0 aromatic carbocycles. The van der Waals surface area contributed by atoms with Crippen molar-refractivity contribution in [2.75, 3.05) is 0 Å². The number of rotatable bonds is 2. The van der Waals surface area contributed by atoms with Crippen LogP contribution in [0.25, 0.3) is 0 Å². The van der Waals surface area contributed by atoms with Crippen LogP contribution in [0, 0.1) is 15.0 Å². The van der Waals surface area contributed by atoms with Crippen molar-refractivity contribution in [2.24, 2.45) is 0 Å². The largest absolute Gasteiger partial charge is 0.490 e. The molecule has 4 heteroatoms. The molecule has 0 unspecified atom stereocenters. The van der Waals surface area contributed by atoms with Crippen LogP contribution in [0.4, 0.5) is 0 Å². The van der Waals surface area contributed by atoms with E-state index in [1.165, 1.54) is 0 Å². The monoisotopic (exact) mass is 286 g/mol. The Balaban J connectivity index is 2.24. The molecule has 0 saturated heterocycles. The summed E-state index contributed by atoms with van der Waals surface area (Å²) in [5.41, 5.74) is 0.419. The standard InChI is InChI=1S/C9H7IN2O/c10-9-4-8(13-7-1-2-7)3-6(5-11)12-9/h3-4,7H,1-2H2. The molecule has 66 valence electrons. The first-order valence-corrected chi connectivity index (χ1v) is 5.10. The average Bonchev–Trinajstić information content (AvgIpc) is 2.87. The number of pyridine rings is 1. The molecule has 1 aromatic heterocycles. The summed E-state index contributed by atoms with van der Waals surface area (Å²) >= 11 is 2.08. The highest BCUT2D eigenvalue weighted by atomic mass is 127. The van der Waals surface area contributed by atoms with Gasteiger partial charge in [0.05, 0.1) is 6.10 Å². The van der Waals surface area contributed by atoms with Gasteiger partial charge in [0.25, 0.3) is 0 Å². The molecule has 1 heterocycles. The Bertz CT molecular complexity index is 368. The molecule has 0 amide bonds. The first kappa shape index (κ1) is 8.75. The van der Waals surface area contributed by atoms with Crippen LogP contribution in [0.2, 0.25) is 0 Å². The van der Waals surface area contributed by atoms with Gasteiger partial charge in [-0.1, -0.05) is 0 Å². The van der Waals surface area contributed by atoms with Crippen molar-refractivity contribution in [3.05, 3.63) is 21.5 Å². The number of aromatic nitrogens is 1. The van der Waals surface area contributed by atoms with Crippen LogP contribution in [0.5, 0.6) is 5.75 Å². The number of nitriles is 1. The zero-order valence-corrected chi connectivity index (χ0v) is 8.98. The van der Waals surface area contributed by atoms with E-state index in [9.17, 15) is 0 Å². The van der Waals surface area contributed by atoms with Crippen molar-refractivity contribution < 1.29 is 4.74 Å². The fraction of sp³-hybridized carbons (Fsp3) is 0.333. The summed E-state index contributed by atoms with van der Waals surface area (Å²) < 4.78 is 6.35. The van der Waals surface area contributed by atoms with Crippen LogP contribution >= 0.6 is 22.6 Å². The highest BCUT2D eigenvalue weighted by Crippen LogP contribution is 2.27. The quantitative estimate of drug-likeness (QED) is 0.618. The first-order chi connectivity index (χ1) is 6.28. The van der Waals surface area contributed by atoms with Crippen molar-refractivity contribution in [1.29, 1.82) is 5.26 Å². The molecule has 0 N–H and O–H groups in total. The van der Waals surface area contributed by atoms with Crippen molar-refractivity contribution in [1.82, 2.24) is 4.98 Å².